The zero-order valence-electron chi connectivity index (χ0n) is 24.5. The average Bonchev–Trinajstić information content (AvgIpc) is 3.30. The largest absolute Gasteiger partial charge is 0.387 e. The Balaban J connectivity index is 1.25. The zero-order chi connectivity index (χ0) is 30.7. The molecule has 1 aliphatic rings. The zero-order valence-corrected chi connectivity index (χ0v) is 25.4. The van der Waals surface area contributed by atoms with Crippen LogP contribution in [0.5, 0.6) is 0 Å². The van der Waals surface area contributed by atoms with Gasteiger partial charge in [-0.1, -0.05) is 63.6 Å². The first-order chi connectivity index (χ1) is 20.8. The van der Waals surface area contributed by atoms with Crippen LogP contribution in [-0.4, -0.2) is 49.6 Å². The number of rotatable bonds is 17. The van der Waals surface area contributed by atoms with Gasteiger partial charge in [-0.25, -0.2) is 18.1 Å². The molecule has 0 aliphatic carbocycles. The minimum Gasteiger partial charge on any atom is -0.387 e. The van der Waals surface area contributed by atoms with E-state index in [1.54, 1.807) is 30.6 Å². The number of aliphatic hydroxyl groups is 1. The van der Waals surface area contributed by atoms with Crippen molar-refractivity contribution < 1.29 is 23.1 Å². The average molecular weight is 608 g/mol. The normalized spacial score (nSPS) is 15.9. The van der Waals surface area contributed by atoms with Gasteiger partial charge < -0.3 is 15.7 Å². The number of aromatic nitrogens is 1. The molecule has 2 heterocycles. The van der Waals surface area contributed by atoms with E-state index in [0.717, 1.165) is 35.3 Å². The van der Waals surface area contributed by atoms with Gasteiger partial charge in [0.2, 0.25) is 0 Å². The van der Waals surface area contributed by atoms with Crippen molar-refractivity contribution in [1.29, 1.82) is 0 Å². The molecule has 4 N–H and O–H groups in total. The lowest BCUT2D eigenvalue weighted by atomic mass is 10.1. The summed E-state index contributed by atoms with van der Waals surface area (Å²) in [5, 5.41) is 16.2. The molecule has 0 radical (unpaired) electrons. The molecule has 11 heteroatoms. The topological polar surface area (TPSA) is 141 Å². The fourth-order valence-electron chi connectivity index (χ4n) is 4.99. The summed E-state index contributed by atoms with van der Waals surface area (Å²) in [5.74, 6) is -0.313. The molecule has 3 aromatic rings. The van der Waals surface area contributed by atoms with Crippen molar-refractivity contribution in [2.24, 2.45) is 0 Å². The van der Waals surface area contributed by atoms with Gasteiger partial charge in [0.15, 0.2) is 0 Å². The molecule has 4 rings (SSSR count). The third-order valence-electron chi connectivity index (χ3n) is 7.47. The van der Waals surface area contributed by atoms with Gasteiger partial charge in [-0.05, 0) is 67.4 Å². The van der Waals surface area contributed by atoms with Crippen LogP contribution in [0.4, 0.5) is 16.2 Å². The number of nitrogens with one attached hydrogen (secondary N) is 3. The van der Waals surface area contributed by atoms with E-state index in [1.165, 1.54) is 43.5 Å². The minimum absolute atomic E-state index is 0.0207. The van der Waals surface area contributed by atoms with Crippen molar-refractivity contribution in [1.82, 2.24) is 15.6 Å². The molecule has 43 heavy (non-hydrogen) atoms. The summed E-state index contributed by atoms with van der Waals surface area (Å²) < 4.78 is 28.6. The van der Waals surface area contributed by atoms with Crippen LogP contribution >= 0.6 is 0 Å². The van der Waals surface area contributed by atoms with Crippen molar-refractivity contribution >= 4 is 33.3 Å². The maximum Gasteiger partial charge on any atom is 0.329 e. The summed E-state index contributed by atoms with van der Waals surface area (Å²) in [5.41, 5.74) is 2.51. The first-order valence-corrected chi connectivity index (χ1v) is 16.4. The predicted molar refractivity (Wildman–Crippen MR) is 167 cm³/mol. The molecule has 2 atom stereocenters. The van der Waals surface area contributed by atoms with E-state index in [4.69, 9.17) is 0 Å². The van der Waals surface area contributed by atoms with Crippen molar-refractivity contribution in [3.8, 4) is 0 Å². The Bertz CT molecular complexity index is 1430. The predicted octanol–water partition coefficient (Wildman–Crippen LogP) is 4.92. The highest BCUT2D eigenvalue weighted by molar-refractivity contribution is 7.92. The van der Waals surface area contributed by atoms with E-state index >= 15 is 0 Å². The van der Waals surface area contributed by atoms with E-state index < -0.39 is 28.2 Å². The Hall–Kier alpha value is -3.80. The molecule has 2 unspecified atom stereocenters. The highest BCUT2D eigenvalue weighted by atomic mass is 32.2. The highest BCUT2D eigenvalue weighted by Gasteiger charge is 2.38. The Morgan fingerprint density at radius 3 is 2.40 bits per heavy atom. The third-order valence-corrected chi connectivity index (χ3v) is 8.87. The number of hydrogen-bond acceptors (Lipinski definition) is 7. The maximum atomic E-state index is 13.0. The number of amides is 3. The van der Waals surface area contributed by atoms with Gasteiger partial charge in [-0.15, -0.1) is 0 Å². The molecule has 10 nitrogen and oxygen atoms in total. The van der Waals surface area contributed by atoms with E-state index in [-0.39, 0.29) is 10.8 Å². The quantitative estimate of drug-likeness (QED) is 0.126. The number of imide groups is 1. The van der Waals surface area contributed by atoms with Crippen LogP contribution in [0.3, 0.4) is 0 Å². The number of aliphatic hydroxyl groups excluding tert-OH is 1. The standard InChI is InChI=1S/C32H41N5O5S/c1-2-3-4-5-6-7-10-29-31(39)37(32(40)35-29)27-15-17-28(18-16-27)43(41,42)36-26-13-11-24(12-14-26)19-21-34-23-30(38)25-9-8-20-33-22-25/h8-9,11-18,20,22,29-30,34,36,38H,2-7,10,19,21,23H2,1H3,(H,35,40). The molecule has 1 saturated heterocycles. The van der Waals surface area contributed by atoms with Gasteiger partial charge in [-0.2, -0.15) is 0 Å². The second-order valence-electron chi connectivity index (χ2n) is 10.8. The third kappa shape index (κ3) is 9.09. The first-order valence-electron chi connectivity index (χ1n) is 14.9. The van der Waals surface area contributed by atoms with Crippen LogP contribution in [0.2, 0.25) is 0 Å². The molecule has 1 aliphatic heterocycles. The van der Waals surface area contributed by atoms with Crippen molar-refractivity contribution in [3.05, 3.63) is 84.2 Å². The molecule has 230 valence electrons. The number of unbranched alkanes of at least 4 members (excludes halogenated alkanes) is 5. The number of anilines is 2. The second kappa shape index (κ2) is 15.6. The van der Waals surface area contributed by atoms with Crippen LogP contribution in [0.15, 0.2) is 78.0 Å². The number of sulfonamides is 1. The van der Waals surface area contributed by atoms with Crippen LogP contribution < -0.4 is 20.3 Å². The number of urea groups is 1. The lowest BCUT2D eigenvalue weighted by Gasteiger charge is -2.14. The fraction of sp³-hybridized carbons (Fsp3) is 0.406. The molecular formula is C32H41N5O5S. The lowest BCUT2D eigenvalue weighted by molar-refractivity contribution is -0.118. The SMILES string of the molecule is CCCCCCCCC1NC(=O)N(c2ccc(S(=O)(=O)Nc3ccc(CCNCC(O)c4cccnc4)cc3)cc2)C1=O. The van der Waals surface area contributed by atoms with Gasteiger partial charge in [0.05, 0.1) is 16.7 Å². The number of carbonyl (C=O) groups excluding carboxylic acids is 2. The number of nitrogens with zero attached hydrogens (tertiary/aromatic N) is 2. The number of hydrogen-bond donors (Lipinski definition) is 4. The summed E-state index contributed by atoms with van der Waals surface area (Å²) in [7, 11) is -3.88. The van der Waals surface area contributed by atoms with Gasteiger partial charge in [0.1, 0.15) is 6.04 Å². The maximum absolute atomic E-state index is 13.0. The molecule has 1 aromatic heterocycles. The van der Waals surface area contributed by atoms with Crippen LogP contribution in [0.25, 0.3) is 0 Å². The summed E-state index contributed by atoms with van der Waals surface area (Å²) in [6.45, 7) is 3.21. The van der Waals surface area contributed by atoms with E-state index in [1.807, 2.05) is 18.2 Å². The second-order valence-corrected chi connectivity index (χ2v) is 12.5. The van der Waals surface area contributed by atoms with Crippen molar-refractivity contribution in [2.45, 2.75) is 75.3 Å². The highest BCUT2D eigenvalue weighted by Crippen LogP contribution is 2.25. The monoisotopic (exact) mass is 607 g/mol. The first kappa shape index (κ1) is 32.1. The van der Waals surface area contributed by atoms with Crippen LogP contribution in [0.1, 0.15) is 69.1 Å². The number of benzene rings is 2. The van der Waals surface area contributed by atoms with Gasteiger partial charge in [0.25, 0.3) is 15.9 Å². The number of pyridine rings is 1. The molecule has 0 bridgehead atoms. The van der Waals surface area contributed by atoms with Crippen LogP contribution in [0, 0.1) is 0 Å². The summed E-state index contributed by atoms with van der Waals surface area (Å²) >= 11 is 0. The lowest BCUT2D eigenvalue weighted by Crippen LogP contribution is -2.31. The molecule has 2 aromatic carbocycles. The Morgan fingerprint density at radius 2 is 1.70 bits per heavy atom. The molecule has 0 spiro atoms. The fourth-order valence-corrected chi connectivity index (χ4v) is 6.05. The smallest absolute Gasteiger partial charge is 0.329 e. The Morgan fingerprint density at radius 1 is 0.977 bits per heavy atom. The van der Waals surface area contributed by atoms with E-state index in [0.29, 0.717) is 37.3 Å². The molecule has 0 saturated carbocycles. The molecular weight excluding hydrogens is 566 g/mol. The van der Waals surface area contributed by atoms with Crippen molar-refractivity contribution in [2.75, 3.05) is 22.7 Å². The Kier molecular flexibility index (Phi) is 11.7. The van der Waals surface area contributed by atoms with Gasteiger partial charge in [-0.3, -0.25) is 14.5 Å². The molecule has 1 fully saturated rings. The Labute approximate surface area is 254 Å². The minimum atomic E-state index is -3.88. The van der Waals surface area contributed by atoms with E-state index in [9.17, 15) is 23.1 Å². The summed E-state index contributed by atoms with van der Waals surface area (Å²) in [6.07, 6.45) is 10.5. The van der Waals surface area contributed by atoms with Crippen LogP contribution in [-0.2, 0) is 21.2 Å². The van der Waals surface area contributed by atoms with Crippen molar-refractivity contribution in [3.63, 3.8) is 0 Å². The van der Waals surface area contributed by atoms with Gasteiger partial charge >= 0.3 is 6.03 Å². The van der Waals surface area contributed by atoms with Gasteiger partial charge in [0, 0.05) is 30.2 Å². The summed E-state index contributed by atoms with van der Waals surface area (Å²) in [6, 6.07) is 15.4. The van der Waals surface area contributed by atoms with E-state index in [2.05, 4.69) is 27.3 Å². The summed E-state index contributed by atoms with van der Waals surface area (Å²) in [4.78, 5) is 30.6. The molecule has 3 amide bonds. The number of carbonyl (C=O) groups is 2.